The molecule has 1 atom stereocenters. The highest BCUT2D eigenvalue weighted by Crippen LogP contribution is 2.14. The van der Waals surface area contributed by atoms with Crippen LogP contribution in [-0.2, 0) is 12.8 Å². The standard InChI is InChI=1S/C12H21N3/c1-9(2)5-11-8-14-12(15-11)6-10-3-4-13-7-10/h8-10,13H,3-7H2,1-2H3,(H,14,15). The molecular formula is C12H21N3. The molecule has 3 nitrogen and oxygen atoms in total. The van der Waals surface area contributed by atoms with Crippen molar-refractivity contribution in [2.75, 3.05) is 13.1 Å². The van der Waals surface area contributed by atoms with Gasteiger partial charge in [-0.05, 0) is 37.8 Å². The van der Waals surface area contributed by atoms with E-state index in [1.54, 1.807) is 0 Å². The highest BCUT2D eigenvalue weighted by molar-refractivity contribution is 5.03. The molecule has 0 bridgehead atoms. The van der Waals surface area contributed by atoms with E-state index in [2.05, 4.69) is 29.1 Å². The van der Waals surface area contributed by atoms with Crippen molar-refractivity contribution in [3.8, 4) is 0 Å². The molecular weight excluding hydrogens is 186 g/mol. The van der Waals surface area contributed by atoms with E-state index in [1.807, 2.05) is 6.20 Å². The average Bonchev–Trinajstić information content (AvgIpc) is 2.77. The fourth-order valence-electron chi connectivity index (χ4n) is 2.22. The Morgan fingerprint density at radius 2 is 2.40 bits per heavy atom. The number of nitrogens with one attached hydrogen (secondary N) is 2. The summed E-state index contributed by atoms with van der Waals surface area (Å²) in [6.45, 7) is 6.80. The summed E-state index contributed by atoms with van der Waals surface area (Å²) in [5.41, 5.74) is 1.28. The third kappa shape index (κ3) is 3.06. The van der Waals surface area contributed by atoms with Gasteiger partial charge < -0.3 is 10.3 Å². The van der Waals surface area contributed by atoms with Crippen LogP contribution in [0.4, 0.5) is 0 Å². The van der Waals surface area contributed by atoms with Crippen LogP contribution >= 0.6 is 0 Å². The summed E-state index contributed by atoms with van der Waals surface area (Å²) in [5.74, 6) is 2.65. The van der Waals surface area contributed by atoms with E-state index in [-0.39, 0.29) is 0 Å². The van der Waals surface area contributed by atoms with Gasteiger partial charge in [-0.15, -0.1) is 0 Å². The lowest BCUT2D eigenvalue weighted by atomic mass is 10.1. The molecule has 0 saturated carbocycles. The van der Waals surface area contributed by atoms with Gasteiger partial charge in [-0.2, -0.15) is 0 Å². The molecule has 1 unspecified atom stereocenters. The maximum atomic E-state index is 4.45. The second kappa shape index (κ2) is 4.79. The molecule has 15 heavy (non-hydrogen) atoms. The fraction of sp³-hybridized carbons (Fsp3) is 0.750. The first kappa shape index (κ1) is 10.7. The zero-order chi connectivity index (χ0) is 10.7. The molecule has 84 valence electrons. The van der Waals surface area contributed by atoms with Crippen LogP contribution in [-0.4, -0.2) is 23.1 Å². The molecule has 2 rings (SSSR count). The first-order chi connectivity index (χ1) is 7.24. The van der Waals surface area contributed by atoms with Crippen molar-refractivity contribution in [2.24, 2.45) is 11.8 Å². The molecule has 3 heteroatoms. The topological polar surface area (TPSA) is 40.7 Å². The van der Waals surface area contributed by atoms with E-state index >= 15 is 0 Å². The van der Waals surface area contributed by atoms with Crippen LogP contribution in [0.2, 0.25) is 0 Å². The summed E-state index contributed by atoms with van der Waals surface area (Å²) in [4.78, 5) is 7.88. The second-order valence-corrected chi connectivity index (χ2v) is 5.02. The molecule has 2 heterocycles. The number of aromatic amines is 1. The monoisotopic (exact) mass is 207 g/mol. The van der Waals surface area contributed by atoms with Crippen LogP contribution in [0, 0.1) is 11.8 Å². The highest BCUT2D eigenvalue weighted by atomic mass is 14.9. The smallest absolute Gasteiger partial charge is 0.106 e. The maximum Gasteiger partial charge on any atom is 0.106 e. The molecule has 0 aliphatic carbocycles. The number of aromatic nitrogens is 2. The molecule has 1 aliphatic heterocycles. The zero-order valence-electron chi connectivity index (χ0n) is 9.71. The minimum absolute atomic E-state index is 0.700. The predicted octanol–water partition coefficient (Wildman–Crippen LogP) is 1.76. The first-order valence-electron chi connectivity index (χ1n) is 5.97. The lowest BCUT2D eigenvalue weighted by Gasteiger charge is -2.05. The van der Waals surface area contributed by atoms with Gasteiger partial charge in [-0.25, -0.2) is 4.98 Å². The molecule has 1 aromatic heterocycles. The average molecular weight is 207 g/mol. The third-order valence-corrected chi connectivity index (χ3v) is 2.95. The van der Waals surface area contributed by atoms with Gasteiger partial charge in [0, 0.05) is 18.3 Å². The van der Waals surface area contributed by atoms with E-state index in [9.17, 15) is 0 Å². The lowest BCUT2D eigenvalue weighted by Crippen LogP contribution is -2.11. The van der Waals surface area contributed by atoms with Crippen molar-refractivity contribution in [2.45, 2.75) is 33.1 Å². The molecule has 0 spiro atoms. The Hall–Kier alpha value is -0.830. The summed E-state index contributed by atoms with van der Waals surface area (Å²) in [7, 11) is 0. The first-order valence-corrected chi connectivity index (χ1v) is 5.97. The van der Waals surface area contributed by atoms with Gasteiger partial charge in [-0.3, -0.25) is 0 Å². The normalized spacial score (nSPS) is 21.4. The molecule has 0 radical (unpaired) electrons. The SMILES string of the molecule is CC(C)Cc1cnc(CC2CCNC2)[nH]1. The summed E-state index contributed by atoms with van der Waals surface area (Å²) in [6, 6.07) is 0. The van der Waals surface area contributed by atoms with Gasteiger partial charge in [0.1, 0.15) is 5.82 Å². The van der Waals surface area contributed by atoms with Crippen LogP contribution in [0.3, 0.4) is 0 Å². The van der Waals surface area contributed by atoms with Crippen LogP contribution < -0.4 is 5.32 Å². The Morgan fingerprint density at radius 1 is 1.53 bits per heavy atom. The Labute approximate surface area is 91.7 Å². The summed E-state index contributed by atoms with van der Waals surface area (Å²) in [5, 5.41) is 3.39. The quantitative estimate of drug-likeness (QED) is 0.790. The lowest BCUT2D eigenvalue weighted by molar-refractivity contribution is 0.562. The van der Waals surface area contributed by atoms with Crippen LogP contribution in [0.5, 0.6) is 0 Å². The number of hydrogen-bond donors (Lipinski definition) is 2. The van der Waals surface area contributed by atoms with Crippen LogP contribution in [0.25, 0.3) is 0 Å². The minimum Gasteiger partial charge on any atom is -0.346 e. The number of nitrogens with zero attached hydrogens (tertiary/aromatic N) is 1. The molecule has 2 N–H and O–H groups in total. The van der Waals surface area contributed by atoms with Crippen molar-refractivity contribution in [3.05, 3.63) is 17.7 Å². The Morgan fingerprint density at radius 3 is 3.07 bits per heavy atom. The third-order valence-electron chi connectivity index (χ3n) is 2.95. The minimum atomic E-state index is 0.700. The highest BCUT2D eigenvalue weighted by Gasteiger charge is 2.16. The van der Waals surface area contributed by atoms with E-state index < -0.39 is 0 Å². The molecule has 0 amide bonds. The van der Waals surface area contributed by atoms with Crippen LogP contribution in [0.15, 0.2) is 6.20 Å². The fourth-order valence-corrected chi connectivity index (χ4v) is 2.22. The number of hydrogen-bond acceptors (Lipinski definition) is 2. The molecule has 0 aromatic carbocycles. The van der Waals surface area contributed by atoms with Gasteiger partial charge in [0.15, 0.2) is 0 Å². The van der Waals surface area contributed by atoms with Crippen molar-refractivity contribution in [3.63, 3.8) is 0 Å². The molecule has 1 saturated heterocycles. The van der Waals surface area contributed by atoms with Crippen molar-refractivity contribution >= 4 is 0 Å². The summed E-state index contributed by atoms with van der Waals surface area (Å²) >= 11 is 0. The maximum absolute atomic E-state index is 4.45. The van der Waals surface area contributed by atoms with Gasteiger partial charge in [0.05, 0.1) is 0 Å². The Bertz CT molecular complexity index is 298. The van der Waals surface area contributed by atoms with Crippen molar-refractivity contribution < 1.29 is 0 Å². The summed E-state index contributed by atoms with van der Waals surface area (Å²) in [6.07, 6.45) is 5.50. The Balaban J connectivity index is 1.88. The van der Waals surface area contributed by atoms with Crippen molar-refractivity contribution in [1.29, 1.82) is 0 Å². The molecule has 1 aliphatic rings. The second-order valence-electron chi connectivity index (χ2n) is 5.02. The number of rotatable bonds is 4. The van der Waals surface area contributed by atoms with Crippen molar-refractivity contribution in [1.82, 2.24) is 15.3 Å². The van der Waals surface area contributed by atoms with E-state index in [4.69, 9.17) is 0 Å². The Kier molecular flexibility index (Phi) is 3.41. The molecule has 1 fully saturated rings. The molecule has 1 aromatic rings. The van der Waals surface area contributed by atoms with Gasteiger partial charge in [0.2, 0.25) is 0 Å². The van der Waals surface area contributed by atoms with Crippen LogP contribution in [0.1, 0.15) is 31.8 Å². The van der Waals surface area contributed by atoms with Gasteiger partial charge >= 0.3 is 0 Å². The predicted molar refractivity (Wildman–Crippen MR) is 61.8 cm³/mol. The largest absolute Gasteiger partial charge is 0.346 e. The van der Waals surface area contributed by atoms with Gasteiger partial charge in [-0.1, -0.05) is 13.8 Å². The summed E-state index contributed by atoms with van der Waals surface area (Å²) < 4.78 is 0. The number of H-pyrrole nitrogens is 1. The van der Waals surface area contributed by atoms with E-state index in [0.29, 0.717) is 5.92 Å². The number of imidazole rings is 1. The van der Waals surface area contributed by atoms with E-state index in [0.717, 1.165) is 25.3 Å². The van der Waals surface area contributed by atoms with E-state index in [1.165, 1.54) is 24.5 Å². The zero-order valence-corrected chi connectivity index (χ0v) is 9.71. The van der Waals surface area contributed by atoms with Gasteiger partial charge in [0.25, 0.3) is 0 Å².